The first-order valence-electron chi connectivity index (χ1n) is 6.50. The van der Waals surface area contributed by atoms with Gasteiger partial charge in [0.25, 0.3) is 0 Å². The molecular weight excluding hydrogens is 218 g/mol. The molecule has 0 aromatic heterocycles. The lowest BCUT2D eigenvalue weighted by molar-refractivity contribution is -0.154. The number of carbonyl (C=O) groups is 2. The number of hydrogen-bond acceptors (Lipinski definition) is 2. The third-order valence-corrected chi connectivity index (χ3v) is 3.46. The Labute approximate surface area is 103 Å². The summed E-state index contributed by atoms with van der Waals surface area (Å²) in [6.07, 6.45) is 4.13. The van der Waals surface area contributed by atoms with Gasteiger partial charge in [0.2, 0.25) is 5.91 Å². The van der Waals surface area contributed by atoms with Crippen LogP contribution < -0.4 is 0 Å². The summed E-state index contributed by atoms with van der Waals surface area (Å²) in [4.78, 5) is 25.1. The zero-order chi connectivity index (χ0) is 13.1. The van der Waals surface area contributed by atoms with E-state index in [4.69, 9.17) is 5.11 Å². The first-order valence-corrected chi connectivity index (χ1v) is 6.50. The summed E-state index contributed by atoms with van der Waals surface area (Å²) < 4.78 is 0. The Morgan fingerprint density at radius 1 is 1.29 bits per heavy atom. The molecule has 0 aliphatic heterocycles. The van der Waals surface area contributed by atoms with Crippen molar-refractivity contribution in [2.24, 2.45) is 5.41 Å². The molecule has 0 unspecified atom stereocenters. The molecule has 0 spiro atoms. The van der Waals surface area contributed by atoms with Gasteiger partial charge >= 0.3 is 5.97 Å². The first kappa shape index (κ1) is 14.0. The largest absolute Gasteiger partial charge is 0.480 e. The van der Waals surface area contributed by atoms with Crippen LogP contribution >= 0.6 is 0 Å². The predicted octanol–water partition coefficient (Wildman–Crippen LogP) is 2.28. The molecule has 0 heterocycles. The molecule has 17 heavy (non-hydrogen) atoms. The smallest absolute Gasteiger partial charge is 0.319 e. The third-order valence-electron chi connectivity index (χ3n) is 3.46. The molecule has 0 bridgehead atoms. The maximum absolute atomic E-state index is 12.2. The van der Waals surface area contributed by atoms with Crippen molar-refractivity contribution in [3.63, 3.8) is 0 Å². The van der Waals surface area contributed by atoms with Crippen molar-refractivity contribution in [1.82, 2.24) is 4.90 Å². The highest BCUT2D eigenvalue weighted by atomic mass is 16.4. The summed E-state index contributed by atoms with van der Waals surface area (Å²) in [5.41, 5.74) is -1.09. The second-order valence-electron chi connectivity index (χ2n) is 5.19. The minimum Gasteiger partial charge on any atom is -0.480 e. The van der Waals surface area contributed by atoms with Crippen molar-refractivity contribution in [2.45, 2.75) is 58.9 Å². The Morgan fingerprint density at radius 3 is 2.24 bits per heavy atom. The molecule has 4 nitrogen and oxygen atoms in total. The Hall–Kier alpha value is -1.06. The number of carbonyl (C=O) groups excluding carboxylic acids is 1. The van der Waals surface area contributed by atoms with Gasteiger partial charge in [-0.15, -0.1) is 0 Å². The second kappa shape index (κ2) is 5.52. The quantitative estimate of drug-likeness (QED) is 0.549. The molecule has 1 amide bonds. The van der Waals surface area contributed by atoms with E-state index in [2.05, 4.69) is 6.92 Å². The number of carboxylic acid groups (broad SMARTS) is 1. The topological polar surface area (TPSA) is 57.6 Å². The van der Waals surface area contributed by atoms with Gasteiger partial charge in [0.05, 0.1) is 0 Å². The van der Waals surface area contributed by atoms with Crippen molar-refractivity contribution in [1.29, 1.82) is 0 Å². The van der Waals surface area contributed by atoms with Crippen LogP contribution in [-0.2, 0) is 9.59 Å². The Morgan fingerprint density at radius 2 is 1.88 bits per heavy atom. The molecule has 0 aromatic carbocycles. The summed E-state index contributed by atoms with van der Waals surface area (Å²) in [6, 6.07) is 0.0798. The number of carboxylic acids is 1. The zero-order valence-corrected chi connectivity index (χ0v) is 11.0. The van der Waals surface area contributed by atoms with E-state index in [1.165, 1.54) is 0 Å². The maximum Gasteiger partial charge on any atom is 0.319 e. The lowest BCUT2D eigenvalue weighted by atomic mass is 10.0. The standard InChI is InChI=1S/C13H23NO3/c1-4-5-6-9-14(10(2)3)11(15)13(7-8-13)12(16)17/h10H,4-9H2,1-3H3,(H,16,17). The van der Waals surface area contributed by atoms with E-state index in [1.807, 2.05) is 13.8 Å². The molecular formula is C13H23NO3. The Kier molecular flexibility index (Phi) is 4.54. The van der Waals surface area contributed by atoms with Crippen LogP contribution in [0.25, 0.3) is 0 Å². The predicted molar refractivity (Wildman–Crippen MR) is 65.7 cm³/mol. The van der Waals surface area contributed by atoms with E-state index in [0.717, 1.165) is 19.3 Å². The Balaban J connectivity index is 2.64. The molecule has 1 aliphatic carbocycles. The van der Waals surface area contributed by atoms with Gasteiger partial charge in [-0.1, -0.05) is 19.8 Å². The van der Waals surface area contributed by atoms with Crippen LogP contribution in [0.5, 0.6) is 0 Å². The third kappa shape index (κ3) is 2.99. The summed E-state index contributed by atoms with van der Waals surface area (Å²) in [5.74, 6) is -1.14. The van der Waals surface area contributed by atoms with E-state index >= 15 is 0 Å². The number of aliphatic carboxylic acids is 1. The van der Waals surface area contributed by atoms with Crippen LogP contribution in [0.2, 0.25) is 0 Å². The highest BCUT2D eigenvalue weighted by Gasteiger charge is 2.58. The molecule has 1 N–H and O–H groups in total. The van der Waals surface area contributed by atoms with E-state index < -0.39 is 11.4 Å². The zero-order valence-electron chi connectivity index (χ0n) is 11.0. The molecule has 4 heteroatoms. The van der Waals surface area contributed by atoms with Crippen molar-refractivity contribution >= 4 is 11.9 Å². The van der Waals surface area contributed by atoms with Gasteiger partial charge in [-0.3, -0.25) is 9.59 Å². The van der Waals surface area contributed by atoms with Crippen LogP contribution in [0.4, 0.5) is 0 Å². The number of amides is 1. The average molecular weight is 241 g/mol. The van der Waals surface area contributed by atoms with Crippen LogP contribution in [0.15, 0.2) is 0 Å². The number of hydrogen-bond donors (Lipinski definition) is 1. The summed E-state index contributed by atoms with van der Waals surface area (Å²) in [7, 11) is 0. The number of unbranched alkanes of at least 4 members (excludes halogenated alkanes) is 2. The van der Waals surface area contributed by atoms with Crippen molar-refractivity contribution in [2.75, 3.05) is 6.54 Å². The molecule has 98 valence electrons. The van der Waals surface area contributed by atoms with Gasteiger partial charge in [-0.25, -0.2) is 0 Å². The first-order chi connectivity index (χ1) is 7.95. The average Bonchev–Trinajstić information content (AvgIpc) is 3.04. The highest BCUT2D eigenvalue weighted by Crippen LogP contribution is 2.47. The number of rotatable bonds is 7. The molecule has 1 saturated carbocycles. The highest BCUT2D eigenvalue weighted by molar-refractivity contribution is 6.04. The normalized spacial score (nSPS) is 16.9. The fraction of sp³-hybridized carbons (Fsp3) is 0.846. The van der Waals surface area contributed by atoms with E-state index in [-0.39, 0.29) is 11.9 Å². The molecule has 0 radical (unpaired) electrons. The molecule has 0 aromatic rings. The maximum atomic E-state index is 12.2. The minimum absolute atomic E-state index is 0.0798. The van der Waals surface area contributed by atoms with Crippen molar-refractivity contribution < 1.29 is 14.7 Å². The SMILES string of the molecule is CCCCCN(C(=O)C1(C(=O)O)CC1)C(C)C. The Bertz CT molecular complexity index is 295. The van der Waals surface area contributed by atoms with E-state index in [1.54, 1.807) is 4.90 Å². The van der Waals surface area contributed by atoms with E-state index in [9.17, 15) is 9.59 Å². The fourth-order valence-electron chi connectivity index (χ4n) is 2.05. The summed E-state index contributed by atoms with van der Waals surface area (Å²) >= 11 is 0. The van der Waals surface area contributed by atoms with Gasteiger partial charge in [-0.05, 0) is 33.1 Å². The lowest BCUT2D eigenvalue weighted by Gasteiger charge is -2.29. The van der Waals surface area contributed by atoms with Crippen molar-refractivity contribution in [3.8, 4) is 0 Å². The van der Waals surface area contributed by atoms with Crippen LogP contribution in [0, 0.1) is 5.41 Å². The van der Waals surface area contributed by atoms with Gasteiger partial charge in [0, 0.05) is 12.6 Å². The van der Waals surface area contributed by atoms with Crippen LogP contribution in [-0.4, -0.2) is 34.5 Å². The summed E-state index contributed by atoms with van der Waals surface area (Å²) in [6.45, 7) is 6.68. The van der Waals surface area contributed by atoms with Gasteiger partial charge < -0.3 is 10.0 Å². The lowest BCUT2D eigenvalue weighted by Crippen LogP contribution is -2.45. The van der Waals surface area contributed by atoms with Gasteiger partial charge in [-0.2, -0.15) is 0 Å². The van der Waals surface area contributed by atoms with Crippen molar-refractivity contribution in [3.05, 3.63) is 0 Å². The summed E-state index contributed by atoms with van der Waals surface area (Å²) in [5, 5.41) is 9.13. The van der Waals surface area contributed by atoms with Gasteiger partial charge in [0.15, 0.2) is 0 Å². The molecule has 1 rings (SSSR count). The minimum atomic E-state index is -1.09. The van der Waals surface area contributed by atoms with E-state index in [0.29, 0.717) is 19.4 Å². The van der Waals surface area contributed by atoms with Crippen LogP contribution in [0.1, 0.15) is 52.9 Å². The molecule has 1 aliphatic rings. The molecule has 0 atom stereocenters. The molecule has 0 saturated heterocycles. The fourth-order valence-corrected chi connectivity index (χ4v) is 2.05. The number of nitrogens with zero attached hydrogens (tertiary/aromatic N) is 1. The van der Waals surface area contributed by atoms with Gasteiger partial charge in [0.1, 0.15) is 5.41 Å². The second-order valence-corrected chi connectivity index (χ2v) is 5.19. The molecule has 1 fully saturated rings. The monoisotopic (exact) mass is 241 g/mol. The van der Waals surface area contributed by atoms with Crippen LogP contribution in [0.3, 0.4) is 0 Å².